The Balaban J connectivity index is 2.27. The molecule has 0 fully saturated rings. The number of halogens is 1. The predicted octanol–water partition coefficient (Wildman–Crippen LogP) is 3.89. The number of aryl methyl sites for hydroxylation is 3. The molecule has 0 aliphatic rings. The minimum Gasteiger partial charge on any atom is -0.279 e. The average Bonchev–Trinajstić information content (AvgIpc) is 2.44. The van der Waals surface area contributed by atoms with Crippen LogP contribution in [0, 0.1) is 13.8 Å². The van der Waals surface area contributed by atoms with Crippen LogP contribution >= 0.6 is 11.6 Å². The van der Waals surface area contributed by atoms with Gasteiger partial charge in [-0.25, -0.2) is 8.42 Å². The zero-order chi connectivity index (χ0) is 15.5. The molecule has 1 N–H and O–H groups in total. The summed E-state index contributed by atoms with van der Waals surface area (Å²) >= 11 is 5.67. The van der Waals surface area contributed by atoms with Crippen molar-refractivity contribution >= 4 is 27.3 Å². The number of hydrogen-bond donors (Lipinski definition) is 1. The van der Waals surface area contributed by atoms with Gasteiger partial charge in [0.1, 0.15) is 0 Å². The number of anilines is 1. The topological polar surface area (TPSA) is 46.2 Å². The van der Waals surface area contributed by atoms with Gasteiger partial charge < -0.3 is 0 Å². The van der Waals surface area contributed by atoms with Crippen molar-refractivity contribution in [2.75, 3.05) is 10.6 Å². The first kappa shape index (κ1) is 15.9. The zero-order valence-electron chi connectivity index (χ0n) is 12.1. The van der Waals surface area contributed by atoms with Gasteiger partial charge in [-0.15, -0.1) is 11.6 Å². The Morgan fingerprint density at radius 1 is 1.05 bits per heavy atom. The molecule has 5 heteroatoms. The first-order valence-electron chi connectivity index (χ1n) is 6.67. The van der Waals surface area contributed by atoms with Crippen LogP contribution in [0.25, 0.3) is 0 Å². The van der Waals surface area contributed by atoms with Gasteiger partial charge in [-0.05, 0) is 55.2 Å². The normalized spacial score (nSPS) is 11.4. The van der Waals surface area contributed by atoms with Crippen molar-refractivity contribution in [1.82, 2.24) is 0 Å². The van der Waals surface area contributed by atoms with Crippen LogP contribution in [-0.4, -0.2) is 14.3 Å². The van der Waals surface area contributed by atoms with Crippen molar-refractivity contribution < 1.29 is 8.42 Å². The minimum atomic E-state index is -3.57. The van der Waals surface area contributed by atoms with Crippen molar-refractivity contribution in [3.8, 4) is 0 Å². The van der Waals surface area contributed by atoms with Gasteiger partial charge in [0.25, 0.3) is 10.0 Å². The summed E-state index contributed by atoms with van der Waals surface area (Å²) in [5, 5.41) is 0. The molecule has 0 aliphatic carbocycles. The molecule has 112 valence electrons. The largest absolute Gasteiger partial charge is 0.279 e. The fourth-order valence-corrected chi connectivity index (χ4v) is 3.33. The van der Waals surface area contributed by atoms with Gasteiger partial charge in [0.2, 0.25) is 0 Å². The zero-order valence-corrected chi connectivity index (χ0v) is 13.6. The van der Waals surface area contributed by atoms with E-state index in [2.05, 4.69) is 4.72 Å². The van der Waals surface area contributed by atoms with E-state index in [0.717, 1.165) is 23.1 Å². The number of nitrogens with one attached hydrogen (secondary N) is 1. The Labute approximate surface area is 131 Å². The second-order valence-electron chi connectivity index (χ2n) is 5.01. The van der Waals surface area contributed by atoms with E-state index in [4.69, 9.17) is 11.6 Å². The molecular weight excluding hydrogens is 306 g/mol. The summed E-state index contributed by atoms with van der Waals surface area (Å²) in [5.41, 5.74) is 3.54. The van der Waals surface area contributed by atoms with Crippen molar-refractivity contribution in [3.63, 3.8) is 0 Å². The average molecular weight is 324 g/mol. The van der Waals surface area contributed by atoms with Crippen LogP contribution in [0.1, 0.15) is 16.7 Å². The second-order valence-corrected chi connectivity index (χ2v) is 7.07. The smallest absolute Gasteiger partial charge is 0.261 e. The standard InChI is InChI=1S/C16H18ClNO2S/c1-12-3-4-13(2)16(11-12)18-21(19,20)15-7-5-14(6-8-15)9-10-17/h3-8,11,18H,9-10H2,1-2H3. The third kappa shape index (κ3) is 3.99. The van der Waals surface area contributed by atoms with Crippen LogP contribution in [0.5, 0.6) is 0 Å². The summed E-state index contributed by atoms with van der Waals surface area (Å²) in [4.78, 5) is 0.252. The quantitative estimate of drug-likeness (QED) is 0.849. The fourth-order valence-electron chi connectivity index (χ4n) is 1.99. The summed E-state index contributed by atoms with van der Waals surface area (Å²) in [7, 11) is -3.57. The molecule has 0 saturated heterocycles. The van der Waals surface area contributed by atoms with Crippen molar-refractivity contribution in [3.05, 3.63) is 59.2 Å². The lowest BCUT2D eigenvalue weighted by Gasteiger charge is -2.11. The monoisotopic (exact) mass is 323 g/mol. The van der Waals surface area contributed by atoms with Gasteiger partial charge in [0, 0.05) is 5.88 Å². The molecule has 0 amide bonds. The van der Waals surface area contributed by atoms with Gasteiger partial charge >= 0.3 is 0 Å². The summed E-state index contributed by atoms with van der Waals surface area (Å²) in [6.45, 7) is 3.80. The fraction of sp³-hybridized carbons (Fsp3) is 0.250. The number of alkyl halides is 1. The lowest BCUT2D eigenvalue weighted by atomic mass is 10.1. The molecule has 0 heterocycles. The van der Waals surface area contributed by atoms with E-state index in [1.807, 2.05) is 32.0 Å². The van der Waals surface area contributed by atoms with Crippen LogP contribution in [0.3, 0.4) is 0 Å². The first-order chi connectivity index (χ1) is 9.92. The summed E-state index contributed by atoms with van der Waals surface area (Å²) in [6, 6.07) is 12.5. The van der Waals surface area contributed by atoms with Crippen LogP contribution in [0.4, 0.5) is 5.69 Å². The van der Waals surface area contributed by atoms with E-state index in [1.165, 1.54) is 0 Å². The molecule has 2 aromatic rings. The molecule has 0 bridgehead atoms. The summed E-state index contributed by atoms with van der Waals surface area (Å²) in [6.07, 6.45) is 0.728. The molecule has 2 rings (SSSR count). The highest BCUT2D eigenvalue weighted by molar-refractivity contribution is 7.92. The Kier molecular flexibility index (Phi) is 4.91. The lowest BCUT2D eigenvalue weighted by Crippen LogP contribution is -2.14. The van der Waals surface area contributed by atoms with E-state index in [1.54, 1.807) is 24.3 Å². The molecular formula is C16H18ClNO2S. The number of benzene rings is 2. The maximum absolute atomic E-state index is 12.4. The maximum Gasteiger partial charge on any atom is 0.261 e. The molecule has 0 aliphatic heterocycles. The van der Waals surface area contributed by atoms with Gasteiger partial charge in [-0.2, -0.15) is 0 Å². The SMILES string of the molecule is Cc1ccc(C)c(NS(=O)(=O)c2ccc(CCCl)cc2)c1. The van der Waals surface area contributed by atoms with Crippen molar-refractivity contribution in [2.45, 2.75) is 25.2 Å². The molecule has 0 radical (unpaired) electrons. The summed E-state index contributed by atoms with van der Waals surface area (Å²) < 4.78 is 27.4. The third-order valence-electron chi connectivity index (χ3n) is 3.25. The van der Waals surface area contributed by atoms with E-state index < -0.39 is 10.0 Å². The molecule has 0 unspecified atom stereocenters. The van der Waals surface area contributed by atoms with Crippen LogP contribution in [-0.2, 0) is 16.4 Å². The number of hydrogen-bond acceptors (Lipinski definition) is 2. The highest BCUT2D eigenvalue weighted by Crippen LogP contribution is 2.21. The van der Waals surface area contributed by atoms with Gasteiger partial charge in [0.05, 0.1) is 10.6 Å². The maximum atomic E-state index is 12.4. The number of rotatable bonds is 5. The minimum absolute atomic E-state index is 0.252. The Hall–Kier alpha value is -1.52. The molecule has 0 aromatic heterocycles. The third-order valence-corrected chi connectivity index (χ3v) is 4.82. The molecule has 21 heavy (non-hydrogen) atoms. The van der Waals surface area contributed by atoms with Crippen molar-refractivity contribution in [2.24, 2.45) is 0 Å². The van der Waals surface area contributed by atoms with Gasteiger partial charge in [-0.1, -0.05) is 24.3 Å². The van der Waals surface area contributed by atoms with Crippen LogP contribution in [0.2, 0.25) is 0 Å². The summed E-state index contributed by atoms with van der Waals surface area (Å²) in [5.74, 6) is 0.521. The second kappa shape index (κ2) is 6.50. The van der Waals surface area contributed by atoms with E-state index in [-0.39, 0.29) is 4.90 Å². The Bertz CT molecular complexity index is 724. The first-order valence-corrected chi connectivity index (χ1v) is 8.69. The van der Waals surface area contributed by atoms with Crippen LogP contribution < -0.4 is 4.72 Å². The van der Waals surface area contributed by atoms with E-state index in [0.29, 0.717) is 11.6 Å². The molecule has 0 spiro atoms. The van der Waals surface area contributed by atoms with Gasteiger partial charge in [-0.3, -0.25) is 4.72 Å². The van der Waals surface area contributed by atoms with Crippen LogP contribution in [0.15, 0.2) is 47.4 Å². The predicted molar refractivity (Wildman–Crippen MR) is 87.6 cm³/mol. The highest BCUT2D eigenvalue weighted by Gasteiger charge is 2.15. The molecule has 3 nitrogen and oxygen atoms in total. The van der Waals surface area contributed by atoms with E-state index >= 15 is 0 Å². The molecule has 0 saturated carbocycles. The Morgan fingerprint density at radius 2 is 1.71 bits per heavy atom. The Morgan fingerprint density at radius 3 is 2.33 bits per heavy atom. The number of sulfonamides is 1. The molecule has 2 aromatic carbocycles. The lowest BCUT2D eigenvalue weighted by molar-refractivity contribution is 0.601. The molecule has 0 atom stereocenters. The van der Waals surface area contributed by atoms with E-state index in [9.17, 15) is 8.42 Å². The van der Waals surface area contributed by atoms with Gasteiger partial charge in [0.15, 0.2) is 0 Å². The van der Waals surface area contributed by atoms with Crippen molar-refractivity contribution in [1.29, 1.82) is 0 Å². The highest BCUT2D eigenvalue weighted by atomic mass is 35.5.